The number of ketones is 3. The van der Waals surface area contributed by atoms with Crippen LogP contribution in [0.4, 0.5) is 0 Å². The molecular formula is C34H48N2O4S. The predicted octanol–water partition coefficient (Wildman–Crippen LogP) is 5.87. The summed E-state index contributed by atoms with van der Waals surface area (Å²) in [4.78, 5) is 50.4. The monoisotopic (exact) mass is 580 g/mol. The third-order valence-electron chi connectivity index (χ3n) is 10.2. The maximum absolute atomic E-state index is 13.3. The first-order valence-corrected chi connectivity index (χ1v) is 15.7. The first kappa shape index (κ1) is 31.5. The second-order valence-electron chi connectivity index (χ2n) is 14.3. The van der Waals surface area contributed by atoms with Gasteiger partial charge in [-0.1, -0.05) is 36.5 Å². The number of amides is 1. The van der Waals surface area contributed by atoms with Gasteiger partial charge in [0.1, 0.15) is 17.3 Å². The summed E-state index contributed by atoms with van der Waals surface area (Å²) in [5, 5.41) is 6.15. The highest BCUT2D eigenvalue weighted by molar-refractivity contribution is 7.80. The highest BCUT2D eigenvalue weighted by atomic mass is 32.1. The normalized spacial score (nSPS) is 29.7. The molecule has 7 heteroatoms. The highest BCUT2D eigenvalue weighted by Crippen LogP contribution is 2.76. The van der Waals surface area contributed by atoms with Crippen LogP contribution in [0, 0.1) is 21.7 Å². The third-order valence-corrected chi connectivity index (χ3v) is 10.6. The summed E-state index contributed by atoms with van der Waals surface area (Å²) in [5.41, 5.74) is 2.18. The highest BCUT2D eigenvalue weighted by Gasteiger charge is 2.67. The Bertz CT molecular complexity index is 1100. The molecule has 1 aromatic carbocycles. The lowest BCUT2D eigenvalue weighted by Gasteiger charge is -2.71. The summed E-state index contributed by atoms with van der Waals surface area (Å²) in [7, 11) is 1.83. The van der Waals surface area contributed by atoms with Crippen molar-refractivity contribution in [2.45, 2.75) is 111 Å². The van der Waals surface area contributed by atoms with Crippen LogP contribution in [0.1, 0.15) is 109 Å². The molecular weight excluding hydrogens is 532 g/mol. The van der Waals surface area contributed by atoms with Gasteiger partial charge >= 0.3 is 0 Å². The number of nitrogens with one attached hydrogen (secondary N) is 2. The standard InChI is InChI=1S/C34H48N2O4S/c1-24(37)9-12-31-17-32(13-10-25(2)38)19-33(18-31,22-34(20-31,21-32)23-36-26(3)39)14-11-29(40)15-27-5-7-28(8-6-27)16-30(41)35-4/h5-8H,9-23H2,1-4H3,(H,35,41)(H,36,39)/t31-,32+,33?,34?. The summed E-state index contributed by atoms with van der Waals surface area (Å²) in [6.45, 7) is 5.57. The maximum atomic E-state index is 13.3. The molecule has 2 N–H and O–H groups in total. The van der Waals surface area contributed by atoms with E-state index in [0.717, 1.165) is 73.9 Å². The first-order chi connectivity index (χ1) is 19.3. The van der Waals surface area contributed by atoms with Crippen LogP contribution in [0.25, 0.3) is 0 Å². The van der Waals surface area contributed by atoms with Crippen LogP contribution in [0.2, 0.25) is 0 Å². The van der Waals surface area contributed by atoms with Crippen molar-refractivity contribution >= 4 is 40.5 Å². The van der Waals surface area contributed by atoms with Crippen molar-refractivity contribution in [3.63, 3.8) is 0 Å². The van der Waals surface area contributed by atoms with Gasteiger partial charge in [-0.25, -0.2) is 0 Å². The van der Waals surface area contributed by atoms with Crippen LogP contribution in [0.3, 0.4) is 0 Å². The molecule has 4 aliphatic carbocycles. The maximum Gasteiger partial charge on any atom is 0.216 e. The minimum absolute atomic E-state index is 0.00314. The van der Waals surface area contributed by atoms with Crippen molar-refractivity contribution in [3.8, 4) is 0 Å². The molecule has 6 nitrogen and oxygen atoms in total. The Balaban J connectivity index is 1.54. The van der Waals surface area contributed by atoms with E-state index >= 15 is 0 Å². The van der Waals surface area contributed by atoms with E-state index in [1.807, 2.05) is 19.2 Å². The smallest absolute Gasteiger partial charge is 0.216 e. The zero-order valence-electron chi connectivity index (χ0n) is 25.5. The summed E-state index contributed by atoms with van der Waals surface area (Å²) >= 11 is 5.27. The van der Waals surface area contributed by atoms with Gasteiger partial charge in [-0.3, -0.25) is 9.59 Å². The van der Waals surface area contributed by atoms with Crippen LogP contribution in [-0.2, 0) is 32.0 Å². The number of benzene rings is 1. The lowest BCUT2D eigenvalue weighted by Crippen LogP contribution is -2.63. The van der Waals surface area contributed by atoms with Gasteiger partial charge in [-0.2, -0.15) is 0 Å². The van der Waals surface area contributed by atoms with Gasteiger partial charge in [0.25, 0.3) is 0 Å². The first-order valence-electron chi connectivity index (χ1n) is 15.3. The molecule has 0 aromatic heterocycles. The summed E-state index contributed by atoms with van der Waals surface area (Å²) < 4.78 is 0. The van der Waals surface area contributed by atoms with E-state index in [1.54, 1.807) is 20.8 Å². The Kier molecular flexibility index (Phi) is 9.57. The molecule has 41 heavy (non-hydrogen) atoms. The van der Waals surface area contributed by atoms with E-state index in [-0.39, 0.29) is 44.9 Å². The molecule has 1 aromatic rings. The van der Waals surface area contributed by atoms with E-state index in [1.165, 1.54) is 0 Å². The average molecular weight is 581 g/mol. The van der Waals surface area contributed by atoms with E-state index in [9.17, 15) is 19.2 Å². The van der Waals surface area contributed by atoms with E-state index < -0.39 is 0 Å². The molecule has 4 atom stereocenters. The zero-order chi connectivity index (χ0) is 29.9. The molecule has 2 unspecified atom stereocenters. The fourth-order valence-electron chi connectivity index (χ4n) is 9.47. The fourth-order valence-corrected chi connectivity index (χ4v) is 9.64. The number of rotatable bonds is 15. The Hall–Kier alpha value is -2.41. The lowest BCUT2D eigenvalue weighted by molar-refractivity contribution is -0.208. The number of hydrogen-bond donors (Lipinski definition) is 2. The molecule has 224 valence electrons. The molecule has 5 rings (SSSR count). The molecule has 0 aliphatic heterocycles. The molecule has 4 aliphatic rings. The Morgan fingerprint density at radius 3 is 1.51 bits per heavy atom. The van der Waals surface area contributed by atoms with Crippen molar-refractivity contribution in [1.82, 2.24) is 10.6 Å². The van der Waals surface area contributed by atoms with Gasteiger partial charge in [0.05, 0.1) is 4.99 Å². The number of carbonyl (C=O) groups is 4. The van der Waals surface area contributed by atoms with Crippen molar-refractivity contribution < 1.29 is 19.2 Å². The van der Waals surface area contributed by atoms with E-state index in [2.05, 4.69) is 22.8 Å². The molecule has 4 fully saturated rings. The van der Waals surface area contributed by atoms with Gasteiger partial charge < -0.3 is 20.2 Å². The van der Waals surface area contributed by atoms with Crippen LogP contribution >= 0.6 is 12.2 Å². The van der Waals surface area contributed by atoms with Crippen molar-refractivity contribution in [3.05, 3.63) is 35.4 Å². The topological polar surface area (TPSA) is 92.3 Å². The quantitative estimate of drug-likeness (QED) is 0.252. The van der Waals surface area contributed by atoms with Crippen LogP contribution in [0.15, 0.2) is 24.3 Å². The summed E-state index contributed by atoms with van der Waals surface area (Å²) in [5.74, 6) is 0.681. The van der Waals surface area contributed by atoms with Crippen molar-refractivity contribution in [1.29, 1.82) is 0 Å². The van der Waals surface area contributed by atoms with Crippen molar-refractivity contribution in [2.75, 3.05) is 13.6 Å². The predicted molar refractivity (Wildman–Crippen MR) is 166 cm³/mol. The van der Waals surface area contributed by atoms with Gasteiger partial charge in [0.15, 0.2) is 0 Å². The second-order valence-corrected chi connectivity index (χ2v) is 14.7. The fraction of sp³-hybridized carbons (Fsp3) is 0.676. The van der Waals surface area contributed by atoms with Crippen molar-refractivity contribution in [2.24, 2.45) is 21.7 Å². The SMILES string of the molecule is CNC(=S)Cc1ccc(CC(=O)CCC23CC4(CNC(C)=O)C[C@](CCC(C)=O)(C2)C[C@](CCC(C)=O)(C3)C4)cc1. The number of hydrogen-bond acceptors (Lipinski definition) is 5. The number of Topliss-reactive ketones (excluding diaryl/α,β-unsaturated/α-hetero) is 3. The molecule has 0 spiro atoms. The lowest BCUT2D eigenvalue weighted by atomic mass is 9.33. The number of thiocarbonyl (C=S) groups is 1. The Morgan fingerprint density at radius 1 is 0.683 bits per heavy atom. The molecule has 4 bridgehead atoms. The van der Waals surface area contributed by atoms with Gasteiger partial charge in [0.2, 0.25) is 5.91 Å². The van der Waals surface area contributed by atoms with Crippen LogP contribution < -0.4 is 10.6 Å². The Morgan fingerprint density at radius 2 is 1.10 bits per heavy atom. The zero-order valence-corrected chi connectivity index (χ0v) is 26.3. The largest absolute Gasteiger partial charge is 0.382 e. The molecule has 0 radical (unpaired) electrons. The molecule has 0 heterocycles. The average Bonchev–Trinajstić information content (AvgIpc) is 2.89. The van der Waals surface area contributed by atoms with Gasteiger partial charge in [-0.15, -0.1) is 0 Å². The third kappa shape index (κ3) is 7.91. The minimum atomic E-state index is -0.0409. The molecule has 0 saturated heterocycles. The van der Waals surface area contributed by atoms with E-state index in [0.29, 0.717) is 38.6 Å². The summed E-state index contributed by atoms with van der Waals surface area (Å²) in [6, 6.07) is 8.17. The van der Waals surface area contributed by atoms with Gasteiger partial charge in [-0.05, 0) is 104 Å². The van der Waals surface area contributed by atoms with Crippen LogP contribution in [0.5, 0.6) is 0 Å². The second kappa shape index (κ2) is 12.4. The van der Waals surface area contributed by atoms with Gasteiger partial charge in [0, 0.05) is 52.6 Å². The van der Waals surface area contributed by atoms with E-state index in [4.69, 9.17) is 12.2 Å². The summed E-state index contributed by atoms with van der Waals surface area (Å²) in [6.07, 6.45) is 11.6. The minimum Gasteiger partial charge on any atom is -0.382 e. The molecule has 1 amide bonds. The molecule has 4 saturated carbocycles. The number of carbonyl (C=O) groups excluding carboxylic acids is 4. The van der Waals surface area contributed by atoms with Crippen LogP contribution in [-0.4, -0.2) is 41.8 Å². The Labute approximate surface area is 251 Å². The number of likely N-dealkylation sites (N-methyl/N-ethyl adjacent to an activating group) is 1.